The maximum atomic E-state index is 5.16. The number of unbranched alkanes of at least 4 members (excludes halogenated alkanes) is 1. The number of nitrogens with zero attached hydrogens (tertiary/aromatic N) is 1. The molecule has 0 fully saturated rings. The Kier molecular flexibility index (Phi) is 7.35. The van der Waals surface area contributed by atoms with Crippen molar-refractivity contribution in [1.82, 2.24) is 4.57 Å². The molecule has 0 aliphatic rings. The van der Waals surface area contributed by atoms with E-state index in [1.54, 1.807) is 7.11 Å². The summed E-state index contributed by atoms with van der Waals surface area (Å²) < 4.78 is 7.59. The maximum absolute atomic E-state index is 5.16. The van der Waals surface area contributed by atoms with Crippen molar-refractivity contribution < 1.29 is 4.43 Å². The van der Waals surface area contributed by atoms with Crippen LogP contribution in [0.3, 0.4) is 0 Å². The van der Waals surface area contributed by atoms with Gasteiger partial charge in [0.1, 0.15) is 0 Å². The second-order valence-electron chi connectivity index (χ2n) is 2.48. The van der Waals surface area contributed by atoms with Crippen LogP contribution < -0.4 is 0 Å². The van der Waals surface area contributed by atoms with E-state index >= 15 is 0 Å². The third-order valence-corrected chi connectivity index (χ3v) is 2.97. The van der Waals surface area contributed by atoms with Gasteiger partial charge in [-0.2, -0.15) is 0 Å². The molecule has 0 amide bonds. The lowest BCUT2D eigenvalue weighted by Gasteiger charge is -2.17. The van der Waals surface area contributed by atoms with Gasteiger partial charge in [-0.3, -0.25) is 0 Å². The van der Waals surface area contributed by atoms with Crippen LogP contribution in [0.4, 0.5) is 0 Å². The molecule has 62 valence electrons. The van der Waals surface area contributed by atoms with Crippen LogP contribution in [0, 0.1) is 0 Å². The zero-order valence-electron chi connectivity index (χ0n) is 7.39. The molecule has 0 N–H and O–H groups in total. The van der Waals surface area contributed by atoms with Crippen LogP contribution in [0.2, 0.25) is 0 Å². The highest BCUT2D eigenvalue weighted by atomic mass is 28.2. The van der Waals surface area contributed by atoms with E-state index in [4.69, 9.17) is 4.43 Å². The normalized spacial score (nSPS) is 12.0. The van der Waals surface area contributed by atoms with Gasteiger partial charge >= 0.3 is 0 Å². The fourth-order valence-electron chi connectivity index (χ4n) is 0.878. The molecule has 0 heterocycles. The summed E-state index contributed by atoms with van der Waals surface area (Å²) in [6.07, 6.45) is 2.60. The van der Waals surface area contributed by atoms with Gasteiger partial charge in [-0.15, -0.1) is 0 Å². The molecule has 0 aromatic heterocycles. The Balaban J connectivity index is 3.21. The summed E-state index contributed by atoms with van der Waals surface area (Å²) in [5, 5.41) is 0. The summed E-state index contributed by atoms with van der Waals surface area (Å²) in [7, 11) is 1.46. The van der Waals surface area contributed by atoms with E-state index in [1.807, 2.05) is 0 Å². The van der Waals surface area contributed by atoms with Crippen molar-refractivity contribution in [3.05, 3.63) is 0 Å². The summed E-state index contributed by atoms with van der Waals surface area (Å²) in [6, 6.07) is 0. The van der Waals surface area contributed by atoms with Crippen molar-refractivity contribution in [1.29, 1.82) is 0 Å². The van der Waals surface area contributed by atoms with Crippen LogP contribution in [0.1, 0.15) is 26.7 Å². The lowest BCUT2D eigenvalue weighted by molar-refractivity contribution is 0.342. The summed E-state index contributed by atoms with van der Waals surface area (Å²) in [5.41, 5.74) is 0. The highest BCUT2D eigenvalue weighted by Crippen LogP contribution is 1.91. The summed E-state index contributed by atoms with van der Waals surface area (Å²) >= 11 is 0. The predicted octanol–water partition coefficient (Wildman–Crippen LogP) is 0.754. The standard InChI is InChI=1S/C7H19NOSi/c1-4-6-7-8(5-2)10-9-3/h4-7,10H2,1-3H3. The topological polar surface area (TPSA) is 12.5 Å². The summed E-state index contributed by atoms with van der Waals surface area (Å²) in [4.78, 5) is 0. The highest BCUT2D eigenvalue weighted by molar-refractivity contribution is 6.23. The first-order chi connectivity index (χ1) is 4.85. The Hall–Kier alpha value is 0.137. The van der Waals surface area contributed by atoms with Crippen LogP contribution >= 0.6 is 0 Å². The second-order valence-corrected chi connectivity index (χ2v) is 4.21. The molecule has 0 aromatic carbocycles. The fourth-order valence-corrected chi connectivity index (χ4v) is 1.78. The molecule has 0 spiro atoms. The minimum Gasteiger partial charge on any atom is -0.411 e. The van der Waals surface area contributed by atoms with Gasteiger partial charge in [-0.1, -0.05) is 20.3 Å². The van der Waals surface area contributed by atoms with Gasteiger partial charge in [0.25, 0.3) is 0 Å². The van der Waals surface area contributed by atoms with Crippen molar-refractivity contribution in [2.75, 3.05) is 20.2 Å². The quantitative estimate of drug-likeness (QED) is 0.533. The highest BCUT2D eigenvalue weighted by Gasteiger charge is 1.99. The van der Waals surface area contributed by atoms with Gasteiger partial charge in [0.2, 0.25) is 9.92 Å². The average Bonchev–Trinajstić information content (AvgIpc) is 1.98. The predicted molar refractivity (Wildman–Crippen MR) is 47.7 cm³/mol. The molecular weight excluding hydrogens is 142 g/mol. The molecule has 0 aromatic rings. The molecule has 0 saturated heterocycles. The molecule has 10 heavy (non-hydrogen) atoms. The first kappa shape index (κ1) is 10.1. The number of hydrogen-bond acceptors (Lipinski definition) is 2. The smallest absolute Gasteiger partial charge is 0.238 e. The van der Waals surface area contributed by atoms with Crippen LogP contribution in [0.25, 0.3) is 0 Å². The Morgan fingerprint density at radius 1 is 1.40 bits per heavy atom. The summed E-state index contributed by atoms with van der Waals surface area (Å²) in [5.74, 6) is 0. The van der Waals surface area contributed by atoms with Crippen LogP contribution in [-0.4, -0.2) is 34.7 Å². The Morgan fingerprint density at radius 2 is 2.10 bits per heavy atom. The second kappa shape index (κ2) is 7.25. The van der Waals surface area contributed by atoms with Gasteiger partial charge in [-0.25, -0.2) is 0 Å². The first-order valence-corrected chi connectivity index (χ1v) is 5.27. The Morgan fingerprint density at radius 3 is 2.50 bits per heavy atom. The van der Waals surface area contributed by atoms with Crippen molar-refractivity contribution >= 4 is 9.92 Å². The van der Waals surface area contributed by atoms with Gasteiger partial charge in [0.15, 0.2) is 0 Å². The van der Waals surface area contributed by atoms with E-state index in [2.05, 4.69) is 18.4 Å². The lowest BCUT2D eigenvalue weighted by Crippen LogP contribution is -2.29. The zero-order valence-corrected chi connectivity index (χ0v) is 8.81. The summed E-state index contributed by atoms with van der Waals surface area (Å²) in [6.45, 7) is 6.80. The van der Waals surface area contributed by atoms with Crippen LogP contribution in [0.15, 0.2) is 0 Å². The van der Waals surface area contributed by atoms with Gasteiger partial charge in [0.05, 0.1) is 0 Å². The van der Waals surface area contributed by atoms with Crippen molar-refractivity contribution in [3.8, 4) is 0 Å². The molecule has 0 aliphatic carbocycles. The van der Waals surface area contributed by atoms with Crippen molar-refractivity contribution in [2.45, 2.75) is 26.7 Å². The van der Waals surface area contributed by atoms with E-state index < -0.39 is 0 Å². The van der Waals surface area contributed by atoms with E-state index in [0.29, 0.717) is 0 Å². The SMILES string of the molecule is CCCCN(CC)[SiH2]OC. The minimum atomic E-state index is -0.351. The van der Waals surface area contributed by atoms with E-state index in [9.17, 15) is 0 Å². The molecule has 0 rings (SSSR count). The Labute approximate surface area is 66.6 Å². The molecule has 0 saturated carbocycles. The number of hydrogen-bond donors (Lipinski definition) is 0. The van der Waals surface area contributed by atoms with E-state index in [-0.39, 0.29) is 9.92 Å². The third-order valence-electron chi connectivity index (χ3n) is 1.59. The van der Waals surface area contributed by atoms with Gasteiger partial charge < -0.3 is 8.99 Å². The molecular formula is C7H19NOSi. The molecule has 3 heteroatoms. The number of rotatable bonds is 6. The largest absolute Gasteiger partial charge is 0.411 e. The van der Waals surface area contributed by atoms with Crippen LogP contribution in [-0.2, 0) is 4.43 Å². The first-order valence-electron chi connectivity index (χ1n) is 4.06. The molecule has 0 atom stereocenters. The van der Waals surface area contributed by atoms with Crippen molar-refractivity contribution in [3.63, 3.8) is 0 Å². The lowest BCUT2D eigenvalue weighted by atomic mass is 10.3. The molecule has 0 aliphatic heterocycles. The fraction of sp³-hybridized carbons (Fsp3) is 1.00. The molecule has 0 unspecified atom stereocenters. The zero-order chi connectivity index (χ0) is 7.82. The molecule has 0 radical (unpaired) electrons. The van der Waals surface area contributed by atoms with Crippen molar-refractivity contribution in [2.24, 2.45) is 0 Å². The average molecular weight is 161 g/mol. The van der Waals surface area contributed by atoms with Gasteiger partial charge in [-0.05, 0) is 19.5 Å². The van der Waals surface area contributed by atoms with Gasteiger partial charge in [0, 0.05) is 7.11 Å². The van der Waals surface area contributed by atoms with E-state index in [0.717, 1.165) is 6.54 Å². The third kappa shape index (κ3) is 4.96. The Bertz CT molecular complexity index is 70.6. The monoisotopic (exact) mass is 161 g/mol. The minimum absolute atomic E-state index is 0.351. The molecule has 2 nitrogen and oxygen atoms in total. The van der Waals surface area contributed by atoms with Crippen LogP contribution in [0.5, 0.6) is 0 Å². The van der Waals surface area contributed by atoms with E-state index in [1.165, 1.54) is 19.4 Å². The maximum Gasteiger partial charge on any atom is 0.238 e. The molecule has 0 bridgehead atoms.